The zero-order valence-electron chi connectivity index (χ0n) is 20.1. The van der Waals surface area contributed by atoms with Crippen molar-refractivity contribution in [3.8, 4) is 5.75 Å². The Hall–Kier alpha value is -2.83. The zero-order chi connectivity index (χ0) is 24.7. The fourth-order valence-corrected chi connectivity index (χ4v) is 5.91. The van der Waals surface area contributed by atoms with Crippen LogP contribution in [0, 0.1) is 19.8 Å². The van der Waals surface area contributed by atoms with Gasteiger partial charge >= 0.3 is 5.63 Å². The molecular weight excluding hydrogens is 466 g/mol. The summed E-state index contributed by atoms with van der Waals surface area (Å²) in [5, 5.41) is 12.9. The van der Waals surface area contributed by atoms with Gasteiger partial charge in [0, 0.05) is 34.5 Å². The van der Waals surface area contributed by atoms with E-state index in [0.717, 1.165) is 42.2 Å². The smallest absolute Gasteiger partial charge is 0.339 e. The van der Waals surface area contributed by atoms with Crippen molar-refractivity contribution in [2.24, 2.45) is 5.92 Å². The summed E-state index contributed by atoms with van der Waals surface area (Å²) in [7, 11) is 0. The summed E-state index contributed by atoms with van der Waals surface area (Å²) in [6, 6.07) is 12.6. The van der Waals surface area contributed by atoms with E-state index < -0.39 is 5.60 Å². The molecule has 1 N–H and O–H groups in total. The predicted molar refractivity (Wildman–Crippen MR) is 135 cm³/mol. The van der Waals surface area contributed by atoms with Gasteiger partial charge < -0.3 is 19.2 Å². The first-order valence-electron chi connectivity index (χ1n) is 12.2. The molecule has 2 heterocycles. The van der Waals surface area contributed by atoms with Crippen LogP contribution in [-0.4, -0.2) is 34.7 Å². The molecule has 3 aromatic rings. The Morgan fingerprint density at radius 3 is 2.69 bits per heavy atom. The second-order valence-electron chi connectivity index (χ2n) is 9.88. The molecule has 5 rings (SSSR count). The minimum atomic E-state index is -0.758. The van der Waals surface area contributed by atoms with Crippen molar-refractivity contribution in [1.82, 2.24) is 4.90 Å². The van der Waals surface area contributed by atoms with E-state index in [2.05, 4.69) is 0 Å². The van der Waals surface area contributed by atoms with E-state index in [9.17, 15) is 14.7 Å². The largest absolute Gasteiger partial charge is 0.484 e. The summed E-state index contributed by atoms with van der Waals surface area (Å²) in [6.45, 7) is 3.95. The number of aliphatic hydroxyl groups is 1. The first kappa shape index (κ1) is 23.9. The lowest BCUT2D eigenvalue weighted by Gasteiger charge is -2.52. The summed E-state index contributed by atoms with van der Waals surface area (Å²) in [5.41, 5.74) is 1.74. The number of benzene rings is 2. The monoisotopic (exact) mass is 495 g/mol. The van der Waals surface area contributed by atoms with Gasteiger partial charge in [0.2, 0.25) is 0 Å². The number of likely N-dealkylation sites (tertiary alicyclic amines) is 1. The lowest BCUT2D eigenvalue weighted by Crippen LogP contribution is -2.56. The highest BCUT2D eigenvalue weighted by Crippen LogP contribution is 2.49. The number of ether oxygens (including phenoxy) is 1. The molecule has 2 fully saturated rings. The Bertz CT molecular complexity index is 1320. The lowest BCUT2D eigenvalue weighted by atomic mass is 9.66. The van der Waals surface area contributed by atoms with Crippen molar-refractivity contribution >= 4 is 28.5 Å². The molecule has 1 saturated carbocycles. The number of halogens is 1. The van der Waals surface area contributed by atoms with Gasteiger partial charge in [0.05, 0.1) is 11.6 Å². The van der Waals surface area contributed by atoms with E-state index in [1.165, 1.54) is 0 Å². The van der Waals surface area contributed by atoms with Gasteiger partial charge in [-0.05, 0) is 68.5 Å². The molecule has 6 nitrogen and oxygen atoms in total. The molecule has 7 heteroatoms. The van der Waals surface area contributed by atoms with E-state index in [1.807, 2.05) is 42.2 Å². The first-order chi connectivity index (χ1) is 16.8. The summed E-state index contributed by atoms with van der Waals surface area (Å²) >= 11 is 6.12. The number of carbonyl (C=O) groups is 1. The Kier molecular flexibility index (Phi) is 6.36. The normalized spacial score (nSPS) is 24.3. The molecular formula is C28H30ClNO5. The Balaban J connectivity index is 1.39. The molecule has 3 atom stereocenters. The minimum absolute atomic E-state index is 0.0312. The number of amides is 1. The van der Waals surface area contributed by atoms with Crippen molar-refractivity contribution < 1.29 is 19.1 Å². The molecule has 0 bridgehead atoms. The van der Waals surface area contributed by atoms with Crippen LogP contribution in [0.1, 0.15) is 54.8 Å². The van der Waals surface area contributed by atoms with E-state index >= 15 is 0 Å². The summed E-state index contributed by atoms with van der Waals surface area (Å²) in [5.74, 6) is 0.293. The van der Waals surface area contributed by atoms with E-state index in [0.29, 0.717) is 34.9 Å². The van der Waals surface area contributed by atoms with Crippen LogP contribution in [0.25, 0.3) is 11.0 Å². The number of hydrogen-bond donors (Lipinski definition) is 1. The molecule has 0 unspecified atom stereocenters. The zero-order valence-corrected chi connectivity index (χ0v) is 20.8. The van der Waals surface area contributed by atoms with Crippen LogP contribution in [0.3, 0.4) is 0 Å². The fraction of sp³-hybridized carbons (Fsp3) is 0.429. The van der Waals surface area contributed by atoms with Gasteiger partial charge in [0.1, 0.15) is 11.3 Å². The van der Waals surface area contributed by atoms with Gasteiger partial charge in [-0.1, -0.05) is 36.6 Å². The topological polar surface area (TPSA) is 80.0 Å². The van der Waals surface area contributed by atoms with Crippen LogP contribution in [-0.2, 0) is 4.79 Å². The predicted octanol–water partition coefficient (Wildman–Crippen LogP) is 5.34. The number of nitrogens with zero attached hydrogens (tertiary/aromatic N) is 1. The van der Waals surface area contributed by atoms with Gasteiger partial charge in [-0.2, -0.15) is 0 Å². The molecule has 1 amide bonds. The second kappa shape index (κ2) is 9.32. The SMILES string of the molecule is Cc1c(C)c2ccc(OCC(=O)N3CC[C@@]4(O)CCCC[C@H]4[C@H]3c3ccc(Cl)cc3)cc2oc1=O. The van der Waals surface area contributed by atoms with E-state index in [4.69, 9.17) is 20.8 Å². The maximum Gasteiger partial charge on any atom is 0.339 e. The quantitative estimate of drug-likeness (QED) is 0.494. The Labute approximate surface area is 209 Å². The van der Waals surface area contributed by atoms with Crippen LogP contribution in [0.5, 0.6) is 5.75 Å². The van der Waals surface area contributed by atoms with E-state index in [-0.39, 0.29) is 30.1 Å². The summed E-state index contributed by atoms with van der Waals surface area (Å²) in [6.07, 6.45) is 4.25. The van der Waals surface area contributed by atoms with Crippen LogP contribution in [0.4, 0.5) is 0 Å². The molecule has 1 aliphatic heterocycles. The van der Waals surface area contributed by atoms with Crippen LogP contribution >= 0.6 is 11.6 Å². The maximum absolute atomic E-state index is 13.4. The van der Waals surface area contributed by atoms with Gasteiger partial charge in [-0.3, -0.25) is 4.79 Å². The average molecular weight is 496 g/mol. The number of piperidine rings is 1. The van der Waals surface area contributed by atoms with Crippen molar-refractivity contribution in [2.75, 3.05) is 13.2 Å². The Morgan fingerprint density at radius 1 is 1.14 bits per heavy atom. The fourth-order valence-electron chi connectivity index (χ4n) is 5.78. The number of carbonyl (C=O) groups excluding carboxylic acids is 1. The third-order valence-corrected chi connectivity index (χ3v) is 8.14. The third kappa shape index (κ3) is 4.45. The van der Waals surface area contributed by atoms with Crippen LogP contribution in [0.15, 0.2) is 51.7 Å². The number of rotatable bonds is 4. The molecule has 2 aromatic carbocycles. The summed E-state index contributed by atoms with van der Waals surface area (Å²) < 4.78 is 11.3. The highest BCUT2D eigenvalue weighted by atomic mass is 35.5. The molecule has 0 radical (unpaired) electrons. The van der Waals surface area contributed by atoms with E-state index in [1.54, 1.807) is 19.1 Å². The van der Waals surface area contributed by atoms with Crippen molar-refractivity contribution in [3.05, 3.63) is 74.6 Å². The lowest BCUT2D eigenvalue weighted by molar-refractivity contribution is -0.157. The highest BCUT2D eigenvalue weighted by Gasteiger charge is 2.50. The van der Waals surface area contributed by atoms with Crippen LogP contribution in [0.2, 0.25) is 5.02 Å². The molecule has 1 aliphatic carbocycles. The number of fused-ring (bicyclic) bond motifs is 2. The van der Waals surface area contributed by atoms with Gasteiger partial charge in [-0.25, -0.2) is 4.79 Å². The number of aryl methyl sites for hydroxylation is 1. The maximum atomic E-state index is 13.4. The summed E-state index contributed by atoms with van der Waals surface area (Å²) in [4.78, 5) is 27.4. The minimum Gasteiger partial charge on any atom is -0.484 e. The van der Waals surface area contributed by atoms with Crippen molar-refractivity contribution in [2.45, 2.75) is 57.6 Å². The molecule has 1 saturated heterocycles. The second-order valence-corrected chi connectivity index (χ2v) is 10.3. The Morgan fingerprint density at radius 2 is 1.91 bits per heavy atom. The number of hydrogen-bond acceptors (Lipinski definition) is 5. The third-order valence-electron chi connectivity index (χ3n) is 7.89. The van der Waals surface area contributed by atoms with Crippen molar-refractivity contribution in [1.29, 1.82) is 0 Å². The molecule has 2 aliphatic rings. The highest BCUT2D eigenvalue weighted by molar-refractivity contribution is 6.30. The van der Waals surface area contributed by atoms with Gasteiger partial charge in [-0.15, -0.1) is 0 Å². The average Bonchev–Trinajstić information content (AvgIpc) is 2.85. The van der Waals surface area contributed by atoms with Gasteiger partial charge in [0.25, 0.3) is 5.91 Å². The first-order valence-corrected chi connectivity index (χ1v) is 12.6. The molecule has 35 heavy (non-hydrogen) atoms. The molecule has 184 valence electrons. The standard InChI is InChI=1S/C28H30ClNO5/c1-17-18(2)27(32)35-24-15-21(10-11-22(17)24)34-16-25(31)30-14-13-28(33)12-4-3-5-23(28)26(30)19-6-8-20(29)9-7-19/h6-11,15,23,26,33H,3-5,12-14,16H2,1-2H3/t23-,26+,28-/m0/s1. The molecule has 0 spiro atoms. The molecule has 1 aromatic heterocycles. The van der Waals surface area contributed by atoms with Gasteiger partial charge in [0.15, 0.2) is 6.61 Å². The van der Waals surface area contributed by atoms with Crippen LogP contribution < -0.4 is 10.4 Å². The van der Waals surface area contributed by atoms with Crippen molar-refractivity contribution in [3.63, 3.8) is 0 Å².